The van der Waals surface area contributed by atoms with Crippen LogP contribution in [-0.4, -0.2) is 48.9 Å². The van der Waals surface area contributed by atoms with Gasteiger partial charge in [0.1, 0.15) is 5.75 Å². The second-order valence-corrected chi connectivity index (χ2v) is 3.87. The Kier molecular flexibility index (Phi) is 5.18. The van der Waals surface area contributed by atoms with Crippen LogP contribution in [0, 0.1) is 0 Å². The van der Waals surface area contributed by atoms with Crippen LogP contribution in [0.5, 0.6) is 5.75 Å². The molecule has 1 rings (SSSR count). The van der Waals surface area contributed by atoms with Crippen molar-refractivity contribution in [2.75, 3.05) is 21.3 Å². The molecule has 1 N–H and O–H groups in total. The first-order valence-corrected chi connectivity index (χ1v) is 5.71. The quantitative estimate of drug-likeness (QED) is 0.350. The van der Waals surface area contributed by atoms with E-state index in [1.54, 1.807) is 0 Å². The Balaban J connectivity index is 3.49. The van der Waals surface area contributed by atoms with Crippen LogP contribution in [0.2, 0.25) is 0 Å². The molecule has 0 aromatic heterocycles. The molecular formula is C13H14N2O6. The highest BCUT2D eigenvalue weighted by Gasteiger charge is 2.55. The van der Waals surface area contributed by atoms with Crippen LogP contribution in [0.4, 0.5) is 0 Å². The molecule has 0 aliphatic rings. The number of esters is 2. The van der Waals surface area contributed by atoms with Gasteiger partial charge in [-0.3, -0.25) is 0 Å². The van der Waals surface area contributed by atoms with Crippen LogP contribution in [0.1, 0.15) is 5.56 Å². The molecule has 0 amide bonds. The third-order valence-electron chi connectivity index (χ3n) is 2.81. The minimum Gasteiger partial charge on any atom is -0.497 e. The highest BCUT2D eigenvalue weighted by atomic mass is 16.5. The van der Waals surface area contributed by atoms with E-state index >= 15 is 0 Å². The maximum atomic E-state index is 11.9. The van der Waals surface area contributed by atoms with Gasteiger partial charge in [0.05, 0.1) is 21.3 Å². The van der Waals surface area contributed by atoms with Gasteiger partial charge in [-0.2, -0.15) is 4.79 Å². The predicted octanol–water partition coefficient (Wildman–Crippen LogP) is -0.100. The summed E-state index contributed by atoms with van der Waals surface area (Å²) in [4.78, 5) is 26.2. The van der Waals surface area contributed by atoms with Gasteiger partial charge in [-0.1, -0.05) is 12.1 Å². The minimum absolute atomic E-state index is 0.0478. The molecule has 0 saturated carbocycles. The second kappa shape index (κ2) is 6.65. The fourth-order valence-electron chi connectivity index (χ4n) is 1.69. The zero-order chi connectivity index (χ0) is 16.0. The summed E-state index contributed by atoms with van der Waals surface area (Å²) in [5, 5.41) is 10.6. The number of rotatable bonds is 5. The van der Waals surface area contributed by atoms with Gasteiger partial charge in [-0.05, 0) is 12.1 Å². The van der Waals surface area contributed by atoms with Gasteiger partial charge >= 0.3 is 17.7 Å². The van der Waals surface area contributed by atoms with Crippen LogP contribution >= 0.6 is 0 Å². The second-order valence-electron chi connectivity index (χ2n) is 3.87. The van der Waals surface area contributed by atoms with E-state index in [0.717, 1.165) is 14.2 Å². The smallest absolute Gasteiger partial charge is 0.423 e. The molecule has 0 aliphatic carbocycles. The van der Waals surface area contributed by atoms with Crippen LogP contribution in [0.15, 0.2) is 24.3 Å². The largest absolute Gasteiger partial charge is 0.497 e. The molecule has 1 aromatic rings. The van der Waals surface area contributed by atoms with Gasteiger partial charge in [0, 0.05) is 5.56 Å². The van der Waals surface area contributed by atoms with E-state index in [2.05, 4.69) is 14.3 Å². The van der Waals surface area contributed by atoms with Gasteiger partial charge in [0.2, 0.25) is 0 Å². The summed E-state index contributed by atoms with van der Waals surface area (Å²) in [7, 11) is 3.47. The Morgan fingerprint density at radius 1 is 1.14 bits per heavy atom. The van der Waals surface area contributed by atoms with E-state index in [-0.39, 0.29) is 5.56 Å². The van der Waals surface area contributed by atoms with E-state index in [1.807, 2.05) is 0 Å². The van der Waals surface area contributed by atoms with Gasteiger partial charge < -0.3 is 24.8 Å². The molecule has 0 heterocycles. The number of aliphatic hydroxyl groups is 1. The molecule has 0 radical (unpaired) electrons. The maximum absolute atomic E-state index is 11.9. The Hall–Kier alpha value is -2.70. The predicted molar refractivity (Wildman–Crippen MR) is 69.5 cm³/mol. The van der Waals surface area contributed by atoms with Crippen LogP contribution in [-0.2, 0) is 24.7 Å². The molecule has 0 bridgehead atoms. The Bertz CT molecular complexity index is 591. The van der Waals surface area contributed by atoms with Crippen molar-refractivity contribution < 1.29 is 33.7 Å². The molecule has 1 aromatic carbocycles. The van der Waals surface area contributed by atoms with Crippen molar-refractivity contribution in [2.24, 2.45) is 0 Å². The summed E-state index contributed by atoms with van der Waals surface area (Å²) >= 11 is 0. The highest BCUT2D eigenvalue weighted by molar-refractivity contribution is 6.41. The lowest BCUT2D eigenvalue weighted by atomic mass is 9.88. The Labute approximate surface area is 120 Å². The third-order valence-corrected chi connectivity index (χ3v) is 2.81. The third kappa shape index (κ3) is 2.91. The first-order valence-electron chi connectivity index (χ1n) is 5.71. The van der Waals surface area contributed by atoms with Crippen molar-refractivity contribution in [3.05, 3.63) is 35.4 Å². The summed E-state index contributed by atoms with van der Waals surface area (Å²) in [6.07, 6.45) is 0. The standard InChI is InChI=1S/C13H14N2O6/c1-19-9-6-4-8(5-7-9)13(18,12(17)21-3)10(15-14)11(16)20-2/h4-7,18H,1-3H3/t13-/m1/s1. The SMILES string of the molecule is COC(=O)C(=[N+]=[N-])[C@@](O)(C(=O)OC)c1ccc(OC)cc1. The van der Waals surface area contributed by atoms with Crippen molar-refractivity contribution in [1.29, 1.82) is 0 Å². The molecule has 112 valence electrons. The molecule has 8 heteroatoms. The lowest BCUT2D eigenvalue weighted by molar-refractivity contribution is -0.163. The molecule has 0 spiro atoms. The monoisotopic (exact) mass is 294 g/mol. The number of hydrogen-bond acceptors (Lipinski definition) is 6. The maximum Gasteiger partial charge on any atom is 0.423 e. The lowest BCUT2D eigenvalue weighted by Gasteiger charge is -2.20. The van der Waals surface area contributed by atoms with Crippen LogP contribution < -0.4 is 4.74 Å². The molecule has 0 fully saturated rings. The van der Waals surface area contributed by atoms with Crippen molar-refractivity contribution in [2.45, 2.75) is 5.60 Å². The van der Waals surface area contributed by atoms with Gasteiger partial charge in [-0.25, -0.2) is 9.59 Å². The van der Waals surface area contributed by atoms with Gasteiger partial charge in [-0.15, -0.1) is 0 Å². The number of carbonyl (C=O) groups excluding carboxylic acids is 2. The summed E-state index contributed by atoms with van der Waals surface area (Å²) < 4.78 is 13.8. The molecule has 0 saturated heterocycles. The van der Waals surface area contributed by atoms with Gasteiger partial charge in [0.15, 0.2) is 0 Å². The fourth-order valence-corrected chi connectivity index (χ4v) is 1.69. The summed E-state index contributed by atoms with van der Waals surface area (Å²) in [5.41, 5.74) is 5.39. The highest BCUT2D eigenvalue weighted by Crippen LogP contribution is 2.26. The number of methoxy groups -OCH3 is 3. The van der Waals surface area contributed by atoms with E-state index < -0.39 is 23.3 Å². The average molecular weight is 294 g/mol. The van der Waals surface area contributed by atoms with Gasteiger partial charge in [0.25, 0.3) is 5.60 Å². The van der Waals surface area contributed by atoms with E-state index in [9.17, 15) is 14.7 Å². The fraction of sp³-hybridized carbons (Fsp3) is 0.308. The molecule has 21 heavy (non-hydrogen) atoms. The van der Waals surface area contributed by atoms with Crippen molar-refractivity contribution in [3.8, 4) is 5.75 Å². The Morgan fingerprint density at radius 3 is 2.10 bits per heavy atom. The summed E-state index contributed by atoms with van der Waals surface area (Å²) in [6, 6.07) is 5.55. The van der Waals surface area contributed by atoms with Crippen molar-refractivity contribution in [3.63, 3.8) is 0 Å². The normalized spacial score (nSPS) is 12.6. The molecule has 1 atom stereocenters. The lowest BCUT2D eigenvalue weighted by Crippen LogP contribution is -2.49. The first kappa shape index (κ1) is 16.4. The van der Waals surface area contributed by atoms with E-state index in [0.29, 0.717) is 5.75 Å². The molecule has 0 unspecified atom stereocenters. The topological polar surface area (TPSA) is 118 Å². The van der Waals surface area contributed by atoms with Crippen molar-refractivity contribution >= 4 is 17.7 Å². The van der Waals surface area contributed by atoms with Crippen LogP contribution in [0.25, 0.3) is 5.53 Å². The van der Waals surface area contributed by atoms with Crippen LogP contribution in [0.3, 0.4) is 0 Å². The zero-order valence-electron chi connectivity index (χ0n) is 11.7. The van der Waals surface area contributed by atoms with E-state index in [1.165, 1.54) is 31.4 Å². The number of nitrogens with zero attached hydrogens (tertiary/aromatic N) is 2. The van der Waals surface area contributed by atoms with E-state index in [4.69, 9.17) is 10.3 Å². The number of benzene rings is 1. The number of hydrogen-bond donors (Lipinski definition) is 1. The average Bonchev–Trinajstić information content (AvgIpc) is 2.54. The number of ether oxygens (including phenoxy) is 3. The minimum atomic E-state index is -2.61. The molecule has 8 nitrogen and oxygen atoms in total. The van der Waals surface area contributed by atoms with Crippen molar-refractivity contribution in [1.82, 2.24) is 0 Å². The molecule has 0 aliphatic heterocycles. The number of carbonyl (C=O) groups is 2. The first-order chi connectivity index (χ1) is 9.95. The Morgan fingerprint density at radius 2 is 1.71 bits per heavy atom. The molecular weight excluding hydrogens is 280 g/mol. The summed E-state index contributed by atoms with van der Waals surface area (Å²) in [6.45, 7) is 0. The summed E-state index contributed by atoms with van der Waals surface area (Å²) in [5.74, 6) is -1.92. The zero-order valence-corrected chi connectivity index (χ0v) is 11.7.